The van der Waals surface area contributed by atoms with Crippen molar-refractivity contribution < 1.29 is 144 Å². The van der Waals surface area contributed by atoms with E-state index in [9.17, 15) is 33.0 Å². The molecule has 12 heterocycles. The van der Waals surface area contributed by atoms with Crippen molar-refractivity contribution in [3.8, 4) is 0 Å². The number of anilines is 2. The second kappa shape index (κ2) is 88.2. The van der Waals surface area contributed by atoms with Crippen molar-refractivity contribution in [2.45, 2.75) is 277 Å². The van der Waals surface area contributed by atoms with Crippen LogP contribution in [0.3, 0.4) is 0 Å². The average molecular weight is 2410 g/mol. The van der Waals surface area contributed by atoms with E-state index in [1.54, 1.807) is 23.3 Å². The van der Waals surface area contributed by atoms with Crippen molar-refractivity contribution in [2.24, 2.45) is 0 Å². The number of nitrogens with zero attached hydrogens (tertiary/aromatic N) is 5. The number of β-amino-alcohol motifs (C(OH)–C–C–N with tert-alkyl or cyclic N) is 3. The standard InChI is InChI=1S/C17H23NO4.C15H20BrNO2.C15H20ClNO4S.C12H15NO3.C9H17NO3.C9H17NO2.C6H4Br2.C5H8O.C4H9NO.2CH2Cl2.CH4O.4CH4.2ClH.Na.O2S.H2O/c19-17(21-13-14-6-2-1-3-7-14)18-10-9-15(12-18)22-16-8-4-5-11-20-16;16-12-4-3-5-13(10-12)17-8-7-14(11-17)19-15-6-1-2-9-18-15;16-22(18,19)14-5-3-4-12(10-14)17-8-7-13(11-17)21-15-6-1-2-9-20-15;14-11-6-7-13(8-11)12(15)16-9-10-4-2-1-3-5-10;1-9(2,3)13-8(12)10-5-4-7(11)6-10;1-2-6-11-9(3-1)12-8-4-5-10-7-8;7-5-2-1-3-6(8)4-5;1-2-4-6-5-3-1;6-4-1-2-5-3-4;2*2-1-3;1-2;;;;;;;;1-3-2;/h1-3,6-7,15-16H,4-5,8-13H2;3-5,10,14-15H,1-2,6-9,11H2;3-5,10,13,15H,1-2,6-9,11H2;1-5,11,14H,6-9H2;7,11H,4-6H2,1-3H3;8-10H,1-7H2;1-4H;2,4H,1,3,5H2;4-6H,1-3H2;2*1H2;2H,1H3;4*1H4;2*1H;;;1H2/q;;;;;;;;;;;;;;;;;;+1;;/p-1. The number of likely N-dealkylation sites (tertiary alicyclic amines) is 3. The molecule has 11 unspecified atom stereocenters. The fourth-order valence-electron chi connectivity index (χ4n) is 14.9. The molecule has 143 heavy (non-hydrogen) atoms. The summed E-state index contributed by atoms with van der Waals surface area (Å²) in [6.45, 7) is 21.0. The molecule has 0 aliphatic carbocycles. The van der Waals surface area contributed by atoms with Crippen LogP contribution in [0.5, 0.6) is 0 Å². The van der Waals surface area contributed by atoms with Crippen molar-refractivity contribution in [1.82, 2.24) is 25.3 Å². The van der Waals surface area contributed by atoms with E-state index in [1.807, 2.05) is 118 Å². The fourth-order valence-corrected chi connectivity index (χ4v) is 17.2. The summed E-state index contributed by atoms with van der Waals surface area (Å²) in [5, 5.41) is 40.8. The van der Waals surface area contributed by atoms with Gasteiger partial charge in [0.2, 0.25) is 0 Å². The van der Waals surface area contributed by atoms with Crippen LogP contribution in [0.2, 0.25) is 0 Å². The Hall–Kier alpha value is -3.31. The Morgan fingerprint density at radius 1 is 0.455 bits per heavy atom. The molecule has 44 heteroatoms. The maximum Gasteiger partial charge on any atom is 1.00 e. The van der Waals surface area contributed by atoms with Gasteiger partial charge >= 0.3 is 59.4 Å². The third-order valence-corrected chi connectivity index (χ3v) is 24.4. The zero-order chi connectivity index (χ0) is 98.3. The number of carbonyl (C=O) groups excluding carboxylic acids is 3. The van der Waals surface area contributed by atoms with Gasteiger partial charge in [-0.1, -0.05) is 156 Å². The van der Waals surface area contributed by atoms with E-state index in [0.717, 1.165) is 206 Å². The Kier molecular flexibility index (Phi) is 90.0. The van der Waals surface area contributed by atoms with E-state index in [1.165, 1.54) is 60.1 Å². The van der Waals surface area contributed by atoms with E-state index in [2.05, 4.69) is 92.5 Å². The Morgan fingerprint density at radius 2 is 0.825 bits per heavy atom. The molecular formula is C99H160Br3Cl7N7NaO24S2. The smallest absolute Gasteiger partial charge is 0.870 e. The molecule has 7 N–H and O–H groups in total. The van der Waals surface area contributed by atoms with Crippen molar-refractivity contribution in [1.29, 1.82) is 0 Å². The van der Waals surface area contributed by atoms with Gasteiger partial charge in [-0.15, -0.1) is 71.2 Å². The van der Waals surface area contributed by atoms with Crippen LogP contribution in [0.15, 0.2) is 164 Å². The molecule has 5 aromatic carbocycles. The first-order valence-corrected chi connectivity index (χ1v) is 53.7. The summed E-state index contributed by atoms with van der Waals surface area (Å²) in [6.07, 6.45) is 24.9. The normalized spacial score (nSPS) is 22.2. The molecule has 12 aliphatic rings. The number of benzene rings is 5. The number of halogens is 10. The molecule has 0 spiro atoms. The molecule has 12 aliphatic heterocycles. The van der Waals surface area contributed by atoms with Crippen LogP contribution >= 0.6 is 130 Å². The molecule has 5 aromatic rings. The van der Waals surface area contributed by atoms with Gasteiger partial charge in [0, 0.05) is 141 Å². The number of alkyl halides is 4. The van der Waals surface area contributed by atoms with E-state index in [4.69, 9.17) is 133 Å². The molecule has 0 bridgehead atoms. The molecule has 11 atom stereocenters. The van der Waals surface area contributed by atoms with Gasteiger partial charge < -0.3 is 118 Å². The molecule has 11 fully saturated rings. The third kappa shape index (κ3) is 67.0. The third-order valence-electron chi connectivity index (χ3n) is 21.6. The van der Waals surface area contributed by atoms with Crippen molar-refractivity contribution >= 4 is 180 Å². The largest absolute Gasteiger partial charge is 1.00 e. The summed E-state index contributed by atoms with van der Waals surface area (Å²) < 4.78 is 109. The maximum absolute atomic E-state index is 12.1. The molecule has 17 rings (SSSR count). The predicted molar refractivity (Wildman–Crippen MR) is 582 cm³/mol. The molecule has 3 amide bonds. The minimum absolute atomic E-state index is 0. The number of aliphatic hydroxyl groups excluding tert-OH is 4. The van der Waals surface area contributed by atoms with Crippen molar-refractivity contribution in [3.05, 3.63) is 170 Å². The van der Waals surface area contributed by atoms with E-state index >= 15 is 0 Å². The Labute approximate surface area is 939 Å². The summed E-state index contributed by atoms with van der Waals surface area (Å²) in [5.41, 5.74) is 3.64. The maximum atomic E-state index is 12.1. The molecule has 0 saturated carbocycles. The van der Waals surface area contributed by atoms with Gasteiger partial charge in [-0.2, -0.15) is 8.42 Å². The van der Waals surface area contributed by atoms with E-state index in [0.29, 0.717) is 70.9 Å². The average Bonchev–Trinajstić information content (AvgIpc) is 1.74. The number of allylic oxidation sites excluding steroid dienone is 1. The molecule has 818 valence electrons. The van der Waals surface area contributed by atoms with Gasteiger partial charge in [0.1, 0.15) is 18.8 Å². The molecule has 0 radical (unpaired) electrons. The van der Waals surface area contributed by atoms with Crippen LogP contribution in [-0.4, -0.2) is 292 Å². The molecule has 31 nitrogen and oxygen atoms in total. The molecule has 0 aromatic heterocycles. The Morgan fingerprint density at radius 3 is 1.14 bits per heavy atom. The number of carbonyl (C=O) groups is 3. The zero-order valence-corrected chi connectivity index (χ0v) is 94.0. The summed E-state index contributed by atoms with van der Waals surface area (Å²) in [7, 11) is 2.71. The van der Waals surface area contributed by atoms with Gasteiger partial charge in [-0.05, 0) is 240 Å². The Balaban J connectivity index is -0.000000762. The van der Waals surface area contributed by atoms with Gasteiger partial charge in [0.05, 0.1) is 77.7 Å². The van der Waals surface area contributed by atoms with Crippen LogP contribution in [0.1, 0.15) is 196 Å². The van der Waals surface area contributed by atoms with Crippen LogP contribution < -0.4 is 50.0 Å². The number of ether oxygens (including phenoxy) is 12. The van der Waals surface area contributed by atoms with Crippen LogP contribution in [0, 0.1) is 0 Å². The number of nitrogens with one attached hydrogen (secondary N) is 2. The summed E-state index contributed by atoms with van der Waals surface area (Å²) in [5.74, 6) is 0. The van der Waals surface area contributed by atoms with Crippen molar-refractivity contribution in [3.63, 3.8) is 0 Å². The Bertz CT molecular complexity index is 4130. The number of amides is 3. The molecular weight excluding hydrogens is 2250 g/mol. The van der Waals surface area contributed by atoms with Crippen LogP contribution in [-0.2, 0) is 90.7 Å². The fraction of sp³-hybridized carbons (Fsp3) is 0.646. The quantitative estimate of drug-likeness (QED) is 0.0245. The summed E-state index contributed by atoms with van der Waals surface area (Å²) in [6, 6.07) is 42.4. The number of rotatable bonds is 15. The SMILES string of the molecule is Brc1cccc(Br)c1.Brc1cccc(N2CCC(OC3CCCCO3)C2)c1.C.C.C.C.C1=COCCC1.C1CCC(OC2CCNC2)OC1.CC(C)(C)OC(=O)N1CCC(O)C1.CO.Cl.Cl.ClCCl.ClCCl.O=C(OCc1ccccc1)N1CCC(O)C1.O=C(OCc1ccccc1)N1CCC(OC2CCCCO2)C1.O=S(=O)(Cl)c1cccc(N2CCC(OC3CCCCO3)C2)c1.O=S=O.OC1CCNC1.[Na+].[OH-]. The van der Waals surface area contributed by atoms with Gasteiger partial charge in [-0.25, -0.2) is 22.8 Å². The second-order valence-electron chi connectivity index (χ2n) is 33.4. The van der Waals surface area contributed by atoms with Crippen LogP contribution in [0.4, 0.5) is 25.8 Å². The number of hydrogen-bond acceptors (Lipinski definition) is 28. The second-order valence-corrected chi connectivity index (χ2v) is 40.5. The van der Waals surface area contributed by atoms with Gasteiger partial charge in [0.25, 0.3) is 9.05 Å². The first kappa shape index (κ1) is 146. The van der Waals surface area contributed by atoms with Crippen LogP contribution in [0.25, 0.3) is 0 Å². The summed E-state index contributed by atoms with van der Waals surface area (Å²) in [4.78, 5) is 44.5. The first-order valence-electron chi connectivity index (χ1n) is 46.2. The first-order chi connectivity index (χ1) is 65.2. The van der Waals surface area contributed by atoms with Crippen molar-refractivity contribution in [2.75, 3.05) is 152 Å². The van der Waals surface area contributed by atoms with Gasteiger partial charge in [-0.3, -0.25) is 0 Å². The molecule has 11 saturated heterocycles. The number of aliphatic hydroxyl groups is 4. The number of hydrogen-bond donors (Lipinski definition) is 6. The summed E-state index contributed by atoms with van der Waals surface area (Å²) >= 11 is 28.5. The predicted octanol–water partition coefficient (Wildman–Crippen LogP) is 18.4. The minimum Gasteiger partial charge on any atom is -0.870 e. The van der Waals surface area contributed by atoms with E-state index in [-0.39, 0.29) is 180 Å². The van der Waals surface area contributed by atoms with E-state index < -0.39 is 32.3 Å². The minimum atomic E-state index is -3.70. The van der Waals surface area contributed by atoms with Gasteiger partial charge in [0.15, 0.2) is 25.2 Å². The topological polar surface area (TPSA) is 381 Å². The monoisotopic (exact) mass is 2400 g/mol. The zero-order valence-electron chi connectivity index (χ0n) is 80.2.